The van der Waals surface area contributed by atoms with Gasteiger partial charge in [-0.15, -0.1) is 11.8 Å². The van der Waals surface area contributed by atoms with Crippen molar-refractivity contribution in [3.63, 3.8) is 0 Å². The van der Waals surface area contributed by atoms with E-state index in [1.165, 1.54) is 11.8 Å². The molecule has 0 unspecified atom stereocenters. The van der Waals surface area contributed by atoms with Gasteiger partial charge in [0.15, 0.2) is 0 Å². The molecule has 1 atom stereocenters. The van der Waals surface area contributed by atoms with Crippen molar-refractivity contribution < 1.29 is 23.1 Å². The first kappa shape index (κ1) is 20.8. The highest BCUT2D eigenvalue weighted by Crippen LogP contribution is 2.41. The van der Waals surface area contributed by atoms with Crippen molar-refractivity contribution in [3.05, 3.63) is 35.9 Å². The highest BCUT2D eigenvalue weighted by Gasteiger charge is 2.62. The first-order chi connectivity index (χ1) is 12.3. The Hall–Kier alpha value is -1.54. The summed E-state index contributed by atoms with van der Waals surface area (Å²) in [5, 5.41) is 14.2. The van der Waals surface area contributed by atoms with Crippen molar-refractivity contribution in [1.82, 2.24) is 5.01 Å². The van der Waals surface area contributed by atoms with Crippen LogP contribution in [0, 0.1) is 0 Å². The predicted octanol–water partition coefficient (Wildman–Crippen LogP) is 4.34. The third-order valence-electron chi connectivity index (χ3n) is 4.14. The summed E-state index contributed by atoms with van der Waals surface area (Å²) in [7, 11) is 0. The van der Waals surface area contributed by atoms with E-state index in [2.05, 4.69) is 5.10 Å². The number of amides is 1. The SMILES string of the molecule is CCCCCC1=NN(C(=O)CSCc2ccccc2)[C@](O)(C(F)(F)F)C1. The second kappa shape index (κ2) is 8.90. The number of hydrogen-bond acceptors (Lipinski definition) is 4. The van der Waals surface area contributed by atoms with Crippen LogP contribution in [0.2, 0.25) is 0 Å². The molecule has 8 heteroatoms. The average Bonchev–Trinajstić information content (AvgIpc) is 2.94. The van der Waals surface area contributed by atoms with Gasteiger partial charge in [-0.2, -0.15) is 23.3 Å². The van der Waals surface area contributed by atoms with E-state index in [1.54, 1.807) is 0 Å². The number of aliphatic hydroxyl groups is 1. The number of rotatable bonds is 8. The Bertz CT molecular complexity index is 637. The van der Waals surface area contributed by atoms with E-state index in [-0.39, 0.29) is 16.5 Å². The molecule has 2 rings (SSSR count). The summed E-state index contributed by atoms with van der Waals surface area (Å²) in [5.41, 5.74) is -2.04. The van der Waals surface area contributed by atoms with E-state index >= 15 is 0 Å². The van der Waals surface area contributed by atoms with Crippen LogP contribution in [0.4, 0.5) is 13.2 Å². The van der Waals surface area contributed by atoms with E-state index in [0.29, 0.717) is 18.6 Å². The lowest BCUT2D eigenvalue weighted by molar-refractivity contribution is -0.301. The van der Waals surface area contributed by atoms with Crippen LogP contribution in [0.3, 0.4) is 0 Å². The molecule has 4 nitrogen and oxygen atoms in total. The van der Waals surface area contributed by atoms with Gasteiger partial charge in [-0.25, -0.2) is 0 Å². The zero-order chi connectivity index (χ0) is 19.2. The normalized spacial score (nSPS) is 20.3. The molecule has 0 spiro atoms. The molecule has 1 aromatic carbocycles. The minimum Gasteiger partial charge on any atom is -0.362 e. The summed E-state index contributed by atoms with van der Waals surface area (Å²) in [6, 6.07) is 9.33. The van der Waals surface area contributed by atoms with Gasteiger partial charge in [0.25, 0.3) is 11.6 Å². The maximum Gasteiger partial charge on any atom is 0.438 e. The van der Waals surface area contributed by atoms with Crippen LogP contribution >= 0.6 is 11.8 Å². The number of hydrogen-bond donors (Lipinski definition) is 1. The topological polar surface area (TPSA) is 52.9 Å². The summed E-state index contributed by atoms with van der Waals surface area (Å²) in [5.74, 6) is -0.520. The Labute approximate surface area is 155 Å². The Morgan fingerprint density at radius 1 is 1.31 bits per heavy atom. The fraction of sp³-hybridized carbons (Fsp3) is 0.556. The second-order valence-electron chi connectivity index (χ2n) is 6.30. The molecule has 26 heavy (non-hydrogen) atoms. The molecular formula is C18H23F3N2O2S. The lowest BCUT2D eigenvalue weighted by Gasteiger charge is -2.32. The van der Waals surface area contributed by atoms with Gasteiger partial charge < -0.3 is 5.11 Å². The molecule has 0 bridgehead atoms. The van der Waals surface area contributed by atoms with Gasteiger partial charge in [0.1, 0.15) is 0 Å². The molecule has 1 aliphatic heterocycles. The highest BCUT2D eigenvalue weighted by atomic mass is 32.2. The fourth-order valence-corrected chi connectivity index (χ4v) is 3.54. The lowest BCUT2D eigenvalue weighted by Crippen LogP contribution is -2.57. The van der Waals surface area contributed by atoms with Crippen LogP contribution in [0.15, 0.2) is 35.4 Å². The standard InChI is InChI=1S/C18H23F3N2O2S/c1-2-3-5-10-15-11-17(25,18(19,20)21)23(22-15)16(24)13-26-12-14-8-6-4-7-9-14/h4,6-9,25H,2-3,5,10-13H2,1H3/t17-/m1/s1. The quantitative estimate of drug-likeness (QED) is 0.674. The Morgan fingerprint density at radius 2 is 2.00 bits per heavy atom. The second-order valence-corrected chi connectivity index (χ2v) is 7.28. The average molecular weight is 388 g/mol. The number of thioether (sulfide) groups is 1. The first-order valence-electron chi connectivity index (χ1n) is 8.58. The maximum atomic E-state index is 13.4. The van der Waals surface area contributed by atoms with Crippen LogP contribution < -0.4 is 0 Å². The van der Waals surface area contributed by atoms with Crippen molar-refractivity contribution in [2.24, 2.45) is 5.10 Å². The number of carbonyl (C=O) groups excluding carboxylic acids is 1. The summed E-state index contributed by atoms with van der Waals surface area (Å²) < 4.78 is 40.1. The van der Waals surface area contributed by atoms with E-state index in [1.807, 2.05) is 37.3 Å². The minimum atomic E-state index is -4.96. The van der Waals surface area contributed by atoms with Crippen molar-refractivity contribution in [1.29, 1.82) is 0 Å². The maximum absolute atomic E-state index is 13.4. The van der Waals surface area contributed by atoms with E-state index in [4.69, 9.17) is 0 Å². The number of hydrazone groups is 1. The molecule has 1 amide bonds. The van der Waals surface area contributed by atoms with Gasteiger partial charge in [-0.1, -0.05) is 50.1 Å². The molecule has 0 saturated carbocycles. The molecule has 144 valence electrons. The number of carbonyl (C=O) groups is 1. The number of nitrogens with zero attached hydrogens (tertiary/aromatic N) is 2. The van der Waals surface area contributed by atoms with Gasteiger partial charge >= 0.3 is 6.18 Å². The molecule has 1 aliphatic rings. The largest absolute Gasteiger partial charge is 0.438 e. The van der Waals surface area contributed by atoms with E-state index in [0.717, 1.165) is 18.4 Å². The third kappa shape index (κ3) is 5.01. The van der Waals surface area contributed by atoms with Crippen molar-refractivity contribution in [2.75, 3.05) is 5.75 Å². The van der Waals surface area contributed by atoms with Crippen LogP contribution in [0.25, 0.3) is 0 Å². The van der Waals surface area contributed by atoms with Gasteiger partial charge in [0.05, 0.1) is 5.75 Å². The number of halogens is 3. The number of unbranched alkanes of at least 4 members (excludes halogenated alkanes) is 2. The van der Waals surface area contributed by atoms with Crippen molar-refractivity contribution in [3.8, 4) is 0 Å². The van der Waals surface area contributed by atoms with Crippen molar-refractivity contribution >= 4 is 23.4 Å². The molecule has 0 aliphatic carbocycles. The highest BCUT2D eigenvalue weighted by molar-refractivity contribution is 7.99. The van der Waals surface area contributed by atoms with Gasteiger partial charge in [0.2, 0.25) is 0 Å². The molecular weight excluding hydrogens is 365 g/mol. The molecule has 1 aromatic rings. The first-order valence-corrected chi connectivity index (χ1v) is 9.73. The van der Waals surface area contributed by atoms with Crippen LogP contribution in [-0.4, -0.2) is 39.4 Å². The Morgan fingerprint density at radius 3 is 2.62 bits per heavy atom. The van der Waals surface area contributed by atoms with E-state index < -0.39 is 24.2 Å². The summed E-state index contributed by atoms with van der Waals surface area (Å²) in [6.45, 7) is 1.99. The van der Waals surface area contributed by atoms with Crippen molar-refractivity contribution in [2.45, 2.75) is 56.7 Å². The zero-order valence-electron chi connectivity index (χ0n) is 14.6. The molecule has 1 N–H and O–H groups in total. The summed E-state index contributed by atoms with van der Waals surface area (Å²) in [4.78, 5) is 12.3. The number of benzene rings is 1. The minimum absolute atomic E-state index is 0.182. The fourth-order valence-electron chi connectivity index (χ4n) is 2.71. The molecule has 0 fully saturated rings. The molecule has 0 radical (unpaired) electrons. The zero-order valence-corrected chi connectivity index (χ0v) is 15.4. The molecule has 0 saturated heterocycles. The Kier molecular flexibility index (Phi) is 7.11. The monoisotopic (exact) mass is 388 g/mol. The van der Waals surface area contributed by atoms with E-state index in [9.17, 15) is 23.1 Å². The number of alkyl halides is 3. The van der Waals surface area contributed by atoms with Gasteiger partial charge in [-0.05, 0) is 18.4 Å². The Balaban J connectivity index is 2.02. The van der Waals surface area contributed by atoms with Crippen LogP contribution in [0.1, 0.15) is 44.6 Å². The van der Waals surface area contributed by atoms with Gasteiger partial charge in [0, 0.05) is 17.9 Å². The lowest BCUT2D eigenvalue weighted by atomic mass is 10.0. The van der Waals surface area contributed by atoms with Gasteiger partial charge in [-0.3, -0.25) is 4.79 Å². The summed E-state index contributed by atoms with van der Waals surface area (Å²) >= 11 is 1.20. The third-order valence-corrected chi connectivity index (χ3v) is 5.13. The summed E-state index contributed by atoms with van der Waals surface area (Å²) in [6.07, 6.45) is -2.79. The van der Waals surface area contributed by atoms with Crippen LogP contribution in [-0.2, 0) is 10.5 Å². The molecule has 0 aromatic heterocycles. The predicted molar refractivity (Wildman–Crippen MR) is 96.6 cm³/mol. The molecule has 1 heterocycles. The van der Waals surface area contributed by atoms with Crippen LogP contribution in [0.5, 0.6) is 0 Å². The smallest absolute Gasteiger partial charge is 0.362 e.